The molecule has 0 bridgehead atoms. The van der Waals surface area contributed by atoms with Gasteiger partial charge in [-0.3, -0.25) is 0 Å². The number of nitrogens with two attached hydrogens (primary N) is 1. The largest absolute Gasteiger partial charge is 0.330 e. The SMILES string of the molecule is Cc1cc(C)c(C2CCCC2CN)c(F)c1. The summed E-state index contributed by atoms with van der Waals surface area (Å²) in [6.07, 6.45) is 3.41. The zero-order chi connectivity index (χ0) is 11.7. The number of benzene rings is 1. The van der Waals surface area contributed by atoms with Crippen molar-refractivity contribution in [2.75, 3.05) is 6.54 Å². The van der Waals surface area contributed by atoms with Gasteiger partial charge in [-0.1, -0.05) is 12.5 Å². The molecule has 1 saturated carbocycles. The zero-order valence-electron chi connectivity index (χ0n) is 10.1. The molecule has 0 radical (unpaired) electrons. The molecule has 1 aliphatic rings. The predicted octanol–water partition coefficient (Wildman–Crippen LogP) is 3.28. The van der Waals surface area contributed by atoms with Crippen molar-refractivity contribution >= 4 is 0 Å². The van der Waals surface area contributed by atoms with Crippen molar-refractivity contribution in [3.63, 3.8) is 0 Å². The first-order chi connectivity index (χ1) is 7.63. The second-order valence-electron chi connectivity index (χ2n) is 5.01. The van der Waals surface area contributed by atoms with Crippen molar-refractivity contribution in [1.82, 2.24) is 0 Å². The van der Waals surface area contributed by atoms with Gasteiger partial charge in [0, 0.05) is 0 Å². The second kappa shape index (κ2) is 4.54. The lowest BCUT2D eigenvalue weighted by molar-refractivity contribution is 0.472. The Balaban J connectivity index is 2.39. The van der Waals surface area contributed by atoms with Gasteiger partial charge in [-0.25, -0.2) is 4.39 Å². The third-order valence-electron chi connectivity index (χ3n) is 3.81. The van der Waals surface area contributed by atoms with Crippen LogP contribution in [0.4, 0.5) is 4.39 Å². The van der Waals surface area contributed by atoms with Gasteiger partial charge in [-0.05, 0) is 67.8 Å². The van der Waals surface area contributed by atoms with Gasteiger partial charge >= 0.3 is 0 Å². The number of hydrogen-bond donors (Lipinski definition) is 1. The first kappa shape index (κ1) is 11.6. The lowest BCUT2D eigenvalue weighted by atomic mass is 9.85. The molecule has 1 aliphatic carbocycles. The first-order valence-corrected chi connectivity index (χ1v) is 6.10. The van der Waals surface area contributed by atoms with Crippen LogP contribution in [0.5, 0.6) is 0 Å². The molecule has 1 nitrogen and oxygen atoms in total. The average Bonchev–Trinajstić information content (AvgIpc) is 2.64. The third kappa shape index (κ3) is 1.99. The van der Waals surface area contributed by atoms with E-state index < -0.39 is 0 Å². The van der Waals surface area contributed by atoms with Gasteiger partial charge < -0.3 is 5.73 Å². The maximum atomic E-state index is 14.0. The molecule has 1 aromatic carbocycles. The fourth-order valence-corrected chi connectivity index (χ4v) is 3.10. The number of hydrogen-bond acceptors (Lipinski definition) is 1. The Bertz CT molecular complexity index is 363. The van der Waals surface area contributed by atoms with E-state index in [1.54, 1.807) is 6.07 Å². The third-order valence-corrected chi connectivity index (χ3v) is 3.81. The minimum atomic E-state index is -0.0390. The van der Waals surface area contributed by atoms with Crippen LogP contribution in [0.2, 0.25) is 0 Å². The van der Waals surface area contributed by atoms with Crippen molar-refractivity contribution in [2.24, 2.45) is 11.7 Å². The van der Waals surface area contributed by atoms with E-state index in [1.807, 2.05) is 13.8 Å². The minimum Gasteiger partial charge on any atom is -0.330 e. The molecule has 1 aromatic rings. The monoisotopic (exact) mass is 221 g/mol. The summed E-state index contributed by atoms with van der Waals surface area (Å²) in [7, 11) is 0. The van der Waals surface area contributed by atoms with Crippen LogP contribution in [0.3, 0.4) is 0 Å². The fraction of sp³-hybridized carbons (Fsp3) is 0.571. The van der Waals surface area contributed by atoms with Crippen LogP contribution in [0.25, 0.3) is 0 Å². The van der Waals surface area contributed by atoms with E-state index in [2.05, 4.69) is 6.07 Å². The highest BCUT2D eigenvalue weighted by atomic mass is 19.1. The Morgan fingerprint density at radius 2 is 2.06 bits per heavy atom. The molecule has 2 atom stereocenters. The van der Waals surface area contributed by atoms with E-state index in [0.717, 1.165) is 29.5 Å². The highest BCUT2D eigenvalue weighted by molar-refractivity contribution is 5.35. The minimum absolute atomic E-state index is 0.0390. The molecule has 0 aliphatic heterocycles. The van der Waals surface area contributed by atoms with Gasteiger partial charge in [-0.15, -0.1) is 0 Å². The van der Waals surface area contributed by atoms with Crippen molar-refractivity contribution < 1.29 is 4.39 Å². The summed E-state index contributed by atoms with van der Waals surface area (Å²) >= 11 is 0. The Hall–Kier alpha value is -0.890. The normalized spacial score (nSPS) is 25.0. The van der Waals surface area contributed by atoms with Gasteiger partial charge in [0.25, 0.3) is 0 Å². The molecule has 2 N–H and O–H groups in total. The first-order valence-electron chi connectivity index (χ1n) is 6.10. The van der Waals surface area contributed by atoms with Crippen LogP contribution in [0.1, 0.15) is 41.9 Å². The molecule has 0 saturated heterocycles. The Morgan fingerprint density at radius 3 is 2.69 bits per heavy atom. The summed E-state index contributed by atoms with van der Waals surface area (Å²) in [5, 5.41) is 0. The van der Waals surface area contributed by atoms with E-state index in [9.17, 15) is 4.39 Å². The molecule has 0 spiro atoms. The molecule has 2 heteroatoms. The quantitative estimate of drug-likeness (QED) is 0.814. The van der Waals surface area contributed by atoms with Crippen molar-refractivity contribution in [3.8, 4) is 0 Å². The highest BCUT2D eigenvalue weighted by Crippen LogP contribution is 2.41. The summed E-state index contributed by atoms with van der Waals surface area (Å²) < 4.78 is 14.0. The summed E-state index contributed by atoms with van der Waals surface area (Å²) in [6.45, 7) is 4.63. The van der Waals surface area contributed by atoms with Crippen molar-refractivity contribution in [2.45, 2.75) is 39.0 Å². The molecule has 0 amide bonds. The molecule has 0 aromatic heterocycles. The summed E-state index contributed by atoms with van der Waals surface area (Å²) in [6, 6.07) is 3.72. The Kier molecular flexibility index (Phi) is 3.29. The maximum Gasteiger partial charge on any atom is 0.127 e. The molecule has 2 unspecified atom stereocenters. The number of halogens is 1. The Morgan fingerprint density at radius 1 is 1.31 bits per heavy atom. The Labute approximate surface area is 96.9 Å². The van der Waals surface area contributed by atoms with Crippen molar-refractivity contribution in [1.29, 1.82) is 0 Å². The van der Waals surface area contributed by atoms with E-state index in [-0.39, 0.29) is 5.82 Å². The van der Waals surface area contributed by atoms with Crippen LogP contribution in [-0.4, -0.2) is 6.54 Å². The van der Waals surface area contributed by atoms with Crippen molar-refractivity contribution in [3.05, 3.63) is 34.6 Å². The van der Waals surface area contributed by atoms with Gasteiger partial charge in [0.1, 0.15) is 5.82 Å². The van der Waals surface area contributed by atoms with E-state index >= 15 is 0 Å². The topological polar surface area (TPSA) is 26.0 Å². The van der Waals surface area contributed by atoms with Crippen LogP contribution < -0.4 is 5.73 Å². The molecule has 16 heavy (non-hydrogen) atoms. The van der Waals surface area contributed by atoms with Gasteiger partial charge in [0.15, 0.2) is 0 Å². The predicted molar refractivity (Wildman–Crippen MR) is 65.0 cm³/mol. The fourth-order valence-electron chi connectivity index (χ4n) is 3.10. The molecule has 0 heterocycles. The molecule has 88 valence electrons. The van der Waals surface area contributed by atoms with E-state index in [4.69, 9.17) is 5.73 Å². The molecule has 2 rings (SSSR count). The molecule has 1 fully saturated rings. The zero-order valence-corrected chi connectivity index (χ0v) is 10.1. The average molecular weight is 221 g/mol. The summed E-state index contributed by atoms with van der Waals surface area (Å²) in [5.74, 6) is 0.768. The highest BCUT2D eigenvalue weighted by Gasteiger charge is 2.30. The molecular formula is C14H20FN. The van der Waals surface area contributed by atoms with E-state index in [1.165, 1.54) is 6.42 Å². The van der Waals surface area contributed by atoms with Gasteiger partial charge in [0.2, 0.25) is 0 Å². The maximum absolute atomic E-state index is 14.0. The number of rotatable bonds is 2. The lowest BCUT2D eigenvalue weighted by Crippen LogP contribution is -2.18. The smallest absolute Gasteiger partial charge is 0.127 e. The van der Waals surface area contributed by atoms with Crippen LogP contribution in [0, 0.1) is 25.6 Å². The van der Waals surface area contributed by atoms with E-state index in [0.29, 0.717) is 18.4 Å². The standard InChI is InChI=1S/C14H20FN/c1-9-6-10(2)14(13(15)7-9)12-5-3-4-11(12)8-16/h6-7,11-12H,3-5,8,16H2,1-2H3. The van der Waals surface area contributed by atoms with Crippen LogP contribution in [-0.2, 0) is 0 Å². The summed E-state index contributed by atoms with van der Waals surface area (Å²) in [5.41, 5.74) is 8.77. The van der Waals surface area contributed by atoms with Gasteiger partial charge in [0.05, 0.1) is 0 Å². The second-order valence-corrected chi connectivity index (χ2v) is 5.01. The summed E-state index contributed by atoms with van der Waals surface area (Å²) in [4.78, 5) is 0. The molecular weight excluding hydrogens is 201 g/mol. The van der Waals surface area contributed by atoms with Crippen LogP contribution in [0.15, 0.2) is 12.1 Å². The number of aryl methyl sites for hydroxylation is 2. The lowest BCUT2D eigenvalue weighted by Gasteiger charge is -2.21. The van der Waals surface area contributed by atoms with Crippen LogP contribution >= 0.6 is 0 Å². The van der Waals surface area contributed by atoms with Gasteiger partial charge in [-0.2, -0.15) is 0 Å².